The van der Waals surface area contributed by atoms with Crippen LogP contribution in [0.5, 0.6) is 0 Å². The van der Waals surface area contributed by atoms with E-state index in [0.29, 0.717) is 6.42 Å². The van der Waals surface area contributed by atoms with Crippen molar-refractivity contribution in [2.45, 2.75) is 45.4 Å². The van der Waals surface area contributed by atoms with E-state index in [2.05, 4.69) is 13.0 Å². The molecule has 0 N–H and O–H groups in total. The molecule has 0 fully saturated rings. The Hall–Kier alpha value is -1.11. The minimum atomic E-state index is 0.229. The normalized spacial score (nSPS) is 10.2. The summed E-state index contributed by atoms with van der Waals surface area (Å²) in [4.78, 5) is 11.6. The van der Waals surface area contributed by atoms with E-state index in [9.17, 15) is 4.79 Å². The Morgan fingerprint density at radius 2 is 2.00 bits per heavy atom. The third-order valence-electron chi connectivity index (χ3n) is 2.52. The van der Waals surface area contributed by atoms with Crippen LogP contribution in [-0.4, -0.2) is 5.78 Å². The molecular weight excluding hydrogens is 184 g/mol. The molecule has 81 valence electrons. The fourth-order valence-electron chi connectivity index (χ4n) is 1.59. The number of benzene rings is 1. The first-order valence-electron chi connectivity index (χ1n) is 5.84. The Bertz CT molecular complexity index is 277. The van der Waals surface area contributed by atoms with Gasteiger partial charge in [-0.3, -0.25) is 4.79 Å². The third kappa shape index (κ3) is 4.78. The molecule has 15 heavy (non-hydrogen) atoms. The summed E-state index contributed by atoms with van der Waals surface area (Å²) in [5.74, 6) is 0.229. The molecule has 0 unspecified atom stereocenters. The lowest BCUT2D eigenvalue weighted by Gasteiger charge is -2.00. The van der Waals surface area contributed by atoms with Crippen molar-refractivity contribution in [2.75, 3.05) is 0 Å². The summed E-state index contributed by atoms with van der Waals surface area (Å²) in [6, 6.07) is 10.4. The van der Waals surface area contributed by atoms with Crippen molar-refractivity contribution in [3.63, 3.8) is 0 Å². The van der Waals surface area contributed by atoms with Gasteiger partial charge in [-0.05, 0) is 12.5 Å². The number of carbonyl (C=O) groups is 1. The van der Waals surface area contributed by atoms with Crippen LogP contribution < -0.4 is 0 Å². The molecule has 0 saturated carbocycles. The van der Waals surface area contributed by atoms with Gasteiger partial charge in [0.05, 0.1) is 0 Å². The molecule has 1 aromatic carbocycles. The van der Waals surface area contributed by atoms with Crippen LogP contribution in [0.1, 0.15) is 55.8 Å². The number of carbonyl (C=O) groups excluding carboxylic acids is 1. The molecule has 0 amide bonds. The van der Waals surface area contributed by atoms with Gasteiger partial charge in [0.2, 0.25) is 0 Å². The molecule has 0 saturated heterocycles. The maximum absolute atomic E-state index is 11.6. The molecule has 1 heteroatoms. The van der Waals surface area contributed by atoms with Gasteiger partial charge >= 0.3 is 0 Å². The zero-order valence-electron chi connectivity index (χ0n) is 9.46. The van der Waals surface area contributed by atoms with E-state index in [4.69, 9.17) is 0 Å². The summed E-state index contributed by atoms with van der Waals surface area (Å²) in [6.07, 6.45) is 6.65. The molecule has 0 aliphatic heterocycles. The van der Waals surface area contributed by atoms with Crippen LogP contribution in [0.25, 0.3) is 0 Å². The largest absolute Gasteiger partial charge is 0.294 e. The molecule has 0 bridgehead atoms. The van der Waals surface area contributed by atoms with Gasteiger partial charge in [-0.2, -0.15) is 0 Å². The number of Topliss-reactive ketones (excluding diaryl/α,β-unsaturated/α-hetero) is 1. The Balaban J connectivity index is 2.20. The zero-order valence-corrected chi connectivity index (χ0v) is 9.46. The molecule has 0 aromatic heterocycles. The van der Waals surface area contributed by atoms with Crippen LogP contribution in [0.4, 0.5) is 0 Å². The summed E-state index contributed by atoms with van der Waals surface area (Å²) >= 11 is 0. The molecule has 0 aliphatic rings. The van der Waals surface area contributed by atoms with Gasteiger partial charge in [-0.25, -0.2) is 0 Å². The summed E-state index contributed by atoms with van der Waals surface area (Å²) in [7, 11) is 0. The SMILES string of the molecule is CCCCCCCC(=O)c1[c]cccc1. The molecular formula is C14H19O. The highest BCUT2D eigenvalue weighted by molar-refractivity contribution is 5.95. The van der Waals surface area contributed by atoms with Crippen LogP contribution in [0.3, 0.4) is 0 Å². The van der Waals surface area contributed by atoms with Crippen LogP contribution in [0.15, 0.2) is 24.3 Å². The van der Waals surface area contributed by atoms with Crippen molar-refractivity contribution < 1.29 is 4.79 Å². The quantitative estimate of drug-likeness (QED) is 0.483. The Morgan fingerprint density at radius 3 is 2.67 bits per heavy atom. The maximum Gasteiger partial charge on any atom is 0.163 e. The van der Waals surface area contributed by atoms with Crippen LogP contribution in [0, 0.1) is 6.07 Å². The van der Waals surface area contributed by atoms with Gasteiger partial charge in [-0.1, -0.05) is 56.9 Å². The smallest absolute Gasteiger partial charge is 0.163 e. The van der Waals surface area contributed by atoms with Gasteiger partial charge in [0.1, 0.15) is 0 Å². The highest BCUT2D eigenvalue weighted by Gasteiger charge is 2.03. The molecule has 1 rings (SSSR count). The average Bonchev–Trinajstić information content (AvgIpc) is 2.30. The lowest BCUT2D eigenvalue weighted by Crippen LogP contribution is -1.98. The van der Waals surface area contributed by atoms with E-state index in [1.54, 1.807) is 6.07 Å². The Labute approximate surface area is 92.5 Å². The summed E-state index contributed by atoms with van der Waals surface area (Å²) in [6.45, 7) is 2.20. The lowest BCUT2D eigenvalue weighted by molar-refractivity contribution is 0.0979. The molecule has 0 atom stereocenters. The van der Waals surface area contributed by atoms with Gasteiger partial charge < -0.3 is 0 Å². The van der Waals surface area contributed by atoms with E-state index in [1.165, 1.54) is 25.7 Å². The van der Waals surface area contributed by atoms with E-state index >= 15 is 0 Å². The van der Waals surface area contributed by atoms with E-state index in [0.717, 1.165) is 12.0 Å². The fourth-order valence-corrected chi connectivity index (χ4v) is 1.59. The number of hydrogen-bond donors (Lipinski definition) is 0. The minimum Gasteiger partial charge on any atom is -0.294 e. The van der Waals surface area contributed by atoms with Gasteiger partial charge in [0.25, 0.3) is 0 Å². The Kier molecular flexibility index (Phi) is 5.76. The van der Waals surface area contributed by atoms with Crippen LogP contribution in [-0.2, 0) is 0 Å². The van der Waals surface area contributed by atoms with Gasteiger partial charge in [-0.15, -0.1) is 0 Å². The monoisotopic (exact) mass is 203 g/mol. The van der Waals surface area contributed by atoms with Crippen LogP contribution >= 0.6 is 0 Å². The molecule has 0 heterocycles. The number of rotatable bonds is 7. The second kappa shape index (κ2) is 7.22. The van der Waals surface area contributed by atoms with Crippen molar-refractivity contribution >= 4 is 5.78 Å². The van der Waals surface area contributed by atoms with E-state index < -0.39 is 0 Å². The van der Waals surface area contributed by atoms with Crippen molar-refractivity contribution in [3.8, 4) is 0 Å². The predicted molar refractivity (Wildman–Crippen MR) is 63.0 cm³/mol. The fraction of sp³-hybridized carbons (Fsp3) is 0.500. The zero-order chi connectivity index (χ0) is 10.9. The van der Waals surface area contributed by atoms with Crippen molar-refractivity contribution in [2.24, 2.45) is 0 Å². The minimum absolute atomic E-state index is 0.229. The summed E-state index contributed by atoms with van der Waals surface area (Å²) < 4.78 is 0. The number of ketones is 1. The molecule has 1 nitrogen and oxygen atoms in total. The van der Waals surface area contributed by atoms with Gasteiger partial charge in [0, 0.05) is 12.0 Å². The van der Waals surface area contributed by atoms with E-state index in [-0.39, 0.29) is 5.78 Å². The maximum atomic E-state index is 11.6. The second-order valence-electron chi connectivity index (χ2n) is 3.86. The second-order valence-corrected chi connectivity index (χ2v) is 3.86. The summed E-state index contributed by atoms with van der Waals surface area (Å²) in [5.41, 5.74) is 0.730. The standard InChI is InChI=1S/C14H19O/c1-2-3-4-5-9-12-14(15)13-10-7-6-8-11-13/h6-8,10H,2-5,9,12H2,1H3. The first-order chi connectivity index (χ1) is 7.34. The first kappa shape index (κ1) is 12.0. The first-order valence-corrected chi connectivity index (χ1v) is 5.84. The molecule has 1 aromatic rings. The van der Waals surface area contributed by atoms with Gasteiger partial charge in [0.15, 0.2) is 5.78 Å². The summed E-state index contributed by atoms with van der Waals surface area (Å²) in [5, 5.41) is 0. The highest BCUT2D eigenvalue weighted by atomic mass is 16.1. The number of hydrogen-bond acceptors (Lipinski definition) is 1. The highest BCUT2D eigenvalue weighted by Crippen LogP contribution is 2.09. The topological polar surface area (TPSA) is 17.1 Å². The molecule has 0 spiro atoms. The van der Waals surface area contributed by atoms with E-state index in [1.807, 2.05) is 18.2 Å². The molecule has 0 aliphatic carbocycles. The van der Waals surface area contributed by atoms with Crippen LogP contribution in [0.2, 0.25) is 0 Å². The lowest BCUT2D eigenvalue weighted by atomic mass is 10.0. The van der Waals surface area contributed by atoms with Crippen molar-refractivity contribution in [1.82, 2.24) is 0 Å². The third-order valence-corrected chi connectivity index (χ3v) is 2.52. The van der Waals surface area contributed by atoms with Crippen molar-refractivity contribution in [1.29, 1.82) is 0 Å². The van der Waals surface area contributed by atoms with Crippen molar-refractivity contribution in [3.05, 3.63) is 35.9 Å². The predicted octanol–water partition coefficient (Wildman–Crippen LogP) is 4.03. The average molecular weight is 203 g/mol. The Morgan fingerprint density at radius 1 is 1.20 bits per heavy atom. The number of unbranched alkanes of at least 4 members (excludes halogenated alkanes) is 4. The molecule has 1 radical (unpaired) electrons.